The van der Waals surface area contributed by atoms with Gasteiger partial charge >= 0.3 is 0 Å². The Kier molecular flexibility index (Phi) is 15.5. The van der Waals surface area contributed by atoms with E-state index < -0.39 is 0 Å². The van der Waals surface area contributed by atoms with Crippen LogP contribution in [-0.4, -0.2) is 13.2 Å². The minimum Gasteiger partial charge on any atom is -0.381 e. The highest BCUT2D eigenvalue weighted by molar-refractivity contribution is 4.43. The van der Waals surface area contributed by atoms with Gasteiger partial charge in [0.2, 0.25) is 0 Å². The van der Waals surface area contributed by atoms with Crippen LogP contribution in [0, 0.1) is 5.92 Å². The molecule has 1 fully saturated rings. The molecule has 1 nitrogen and oxygen atoms in total. The van der Waals surface area contributed by atoms with Gasteiger partial charge in [0.05, 0.1) is 0 Å². The Hall–Kier alpha value is -0.0400. The summed E-state index contributed by atoms with van der Waals surface area (Å²) in [4.78, 5) is 0. The Morgan fingerprint density at radius 3 is 1.27 bits per heavy atom. The highest BCUT2D eigenvalue weighted by atomic mass is 16.5. The molecule has 1 heterocycles. The van der Waals surface area contributed by atoms with Crippen LogP contribution in [0.15, 0.2) is 0 Å². The van der Waals surface area contributed by atoms with E-state index in [2.05, 4.69) is 20.8 Å². The molecule has 0 radical (unpaired) electrons. The number of hydrogen-bond acceptors (Lipinski definition) is 1. The van der Waals surface area contributed by atoms with Crippen molar-refractivity contribution < 1.29 is 4.74 Å². The van der Waals surface area contributed by atoms with E-state index in [0.29, 0.717) is 0 Å². The molecule has 0 saturated carbocycles. The topological polar surface area (TPSA) is 9.23 Å². The third kappa shape index (κ3) is 25.7. The SMILES string of the molecule is C1CCOC1.CC.CC(C)C. The zero-order valence-electron chi connectivity index (χ0n) is 8.81. The summed E-state index contributed by atoms with van der Waals surface area (Å²) in [5.41, 5.74) is 0. The maximum atomic E-state index is 4.94. The summed E-state index contributed by atoms with van der Waals surface area (Å²) in [5, 5.41) is 0. The average molecular weight is 160 g/mol. The maximum Gasteiger partial charge on any atom is 0.0466 e. The lowest BCUT2D eigenvalue weighted by atomic mass is 10.3. The quantitative estimate of drug-likeness (QED) is 0.527. The second-order valence-corrected chi connectivity index (χ2v) is 3.05. The van der Waals surface area contributed by atoms with E-state index >= 15 is 0 Å². The van der Waals surface area contributed by atoms with Gasteiger partial charge in [0.25, 0.3) is 0 Å². The molecule has 1 aliphatic rings. The minimum atomic E-state index is 0.833. The van der Waals surface area contributed by atoms with Gasteiger partial charge in [-0.05, 0) is 18.8 Å². The second-order valence-electron chi connectivity index (χ2n) is 3.05. The molecule has 1 rings (SSSR count). The summed E-state index contributed by atoms with van der Waals surface area (Å²) in [6.07, 6.45) is 2.56. The molecule has 1 heteroatoms. The molecule has 0 spiro atoms. The molecule has 1 saturated heterocycles. The average Bonchev–Trinajstić information content (AvgIpc) is 2.44. The van der Waals surface area contributed by atoms with Crippen LogP contribution in [0.5, 0.6) is 0 Å². The molecule has 0 bridgehead atoms. The summed E-state index contributed by atoms with van der Waals surface area (Å²) in [6, 6.07) is 0. The lowest BCUT2D eigenvalue weighted by Gasteiger charge is -1.79. The fourth-order valence-electron chi connectivity index (χ4n) is 0.510. The van der Waals surface area contributed by atoms with Gasteiger partial charge in [-0.15, -0.1) is 0 Å². The van der Waals surface area contributed by atoms with Gasteiger partial charge < -0.3 is 4.74 Å². The molecule has 0 atom stereocenters. The van der Waals surface area contributed by atoms with Crippen molar-refractivity contribution >= 4 is 0 Å². The van der Waals surface area contributed by atoms with Crippen LogP contribution >= 0.6 is 0 Å². The van der Waals surface area contributed by atoms with Crippen molar-refractivity contribution in [1.29, 1.82) is 0 Å². The van der Waals surface area contributed by atoms with Crippen molar-refractivity contribution in [1.82, 2.24) is 0 Å². The molecule has 0 aromatic rings. The van der Waals surface area contributed by atoms with Crippen LogP contribution in [0.4, 0.5) is 0 Å². The molecule has 70 valence electrons. The third-order valence-electron chi connectivity index (χ3n) is 0.827. The summed E-state index contributed by atoms with van der Waals surface area (Å²) in [6.45, 7) is 12.5. The largest absolute Gasteiger partial charge is 0.381 e. The monoisotopic (exact) mass is 160 g/mol. The first-order valence-electron chi connectivity index (χ1n) is 4.81. The van der Waals surface area contributed by atoms with Crippen LogP contribution in [0.25, 0.3) is 0 Å². The van der Waals surface area contributed by atoms with E-state index in [1.807, 2.05) is 13.8 Å². The molecule has 0 aliphatic carbocycles. The van der Waals surface area contributed by atoms with Gasteiger partial charge in [0, 0.05) is 13.2 Å². The third-order valence-corrected chi connectivity index (χ3v) is 0.827. The van der Waals surface area contributed by atoms with E-state index in [4.69, 9.17) is 4.74 Å². The van der Waals surface area contributed by atoms with E-state index in [0.717, 1.165) is 19.1 Å². The van der Waals surface area contributed by atoms with Crippen LogP contribution in [0.3, 0.4) is 0 Å². The van der Waals surface area contributed by atoms with Gasteiger partial charge in [-0.1, -0.05) is 34.6 Å². The summed E-state index contributed by atoms with van der Waals surface area (Å²) in [7, 11) is 0. The normalized spacial score (nSPS) is 14.7. The first-order valence-corrected chi connectivity index (χ1v) is 4.81. The Labute approximate surface area is 72.1 Å². The van der Waals surface area contributed by atoms with E-state index in [1.165, 1.54) is 12.8 Å². The van der Waals surface area contributed by atoms with Crippen molar-refractivity contribution in [2.75, 3.05) is 13.2 Å². The van der Waals surface area contributed by atoms with Crippen LogP contribution < -0.4 is 0 Å². The van der Waals surface area contributed by atoms with Crippen molar-refractivity contribution in [3.63, 3.8) is 0 Å². The molecule has 0 aromatic heterocycles. The lowest BCUT2D eigenvalue weighted by Crippen LogP contribution is -1.74. The zero-order valence-corrected chi connectivity index (χ0v) is 8.81. The summed E-state index contributed by atoms with van der Waals surface area (Å²) < 4.78 is 4.94. The maximum absolute atomic E-state index is 4.94. The Morgan fingerprint density at radius 1 is 0.909 bits per heavy atom. The minimum absolute atomic E-state index is 0.833. The highest BCUT2D eigenvalue weighted by Gasteiger charge is 1.94. The number of ether oxygens (including phenoxy) is 1. The first-order chi connectivity index (χ1) is 5.23. The number of hydrogen-bond donors (Lipinski definition) is 0. The summed E-state index contributed by atoms with van der Waals surface area (Å²) >= 11 is 0. The van der Waals surface area contributed by atoms with Crippen molar-refractivity contribution in [3.05, 3.63) is 0 Å². The molecule has 0 N–H and O–H groups in total. The Morgan fingerprint density at radius 2 is 1.18 bits per heavy atom. The first kappa shape index (κ1) is 13.5. The predicted octanol–water partition coefficient (Wildman–Crippen LogP) is 3.49. The fraction of sp³-hybridized carbons (Fsp3) is 1.00. The molecule has 0 aromatic carbocycles. The van der Waals surface area contributed by atoms with E-state index in [1.54, 1.807) is 0 Å². The molecular formula is C10H24O. The molecular weight excluding hydrogens is 136 g/mol. The lowest BCUT2D eigenvalue weighted by molar-refractivity contribution is 0.198. The van der Waals surface area contributed by atoms with Crippen molar-refractivity contribution in [2.24, 2.45) is 5.92 Å². The standard InChI is InChI=1S/C4H8O.C4H10.C2H6/c1-2-4-5-3-1;1-4(2)3;1-2/h1-4H2;4H,1-3H3;1-2H3. The van der Waals surface area contributed by atoms with Gasteiger partial charge in [-0.25, -0.2) is 0 Å². The van der Waals surface area contributed by atoms with Gasteiger partial charge in [-0.3, -0.25) is 0 Å². The fourth-order valence-corrected chi connectivity index (χ4v) is 0.510. The van der Waals surface area contributed by atoms with Crippen molar-refractivity contribution in [3.8, 4) is 0 Å². The van der Waals surface area contributed by atoms with Gasteiger partial charge in [0.15, 0.2) is 0 Å². The summed E-state index contributed by atoms with van der Waals surface area (Å²) in [5.74, 6) is 0.833. The molecule has 11 heavy (non-hydrogen) atoms. The van der Waals surface area contributed by atoms with Crippen LogP contribution in [-0.2, 0) is 4.74 Å². The molecule has 0 amide bonds. The molecule has 0 unspecified atom stereocenters. The van der Waals surface area contributed by atoms with E-state index in [-0.39, 0.29) is 0 Å². The van der Waals surface area contributed by atoms with E-state index in [9.17, 15) is 0 Å². The Bertz CT molecular complexity index is 36.5. The van der Waals surface area contributed by atoms with Crippen LogP contribution in [0.2, 0.25) is 0 Å². The van der Waals surface area contributed by atoms with Crippen LogP contribution in [0.1, 0.15) is 47.5 Å². The predicted molar refractivity (Wildman–Crippen MR) is 51.9 cm³/mol. The highest BCUT2D eigenvalue weighted by Crippen LogP contribution is 1.98. The Balaban J connectivity index is 0. The molecule has 1 aliphatic heterocycles. The number of rotatable bonds is 0. The van der Waals surface area contributed by atoms with Crippen molar-refractivity contribution in [2.45, 2.75) is 47.5 Å². The second kappa shape index (κ2) is 12.6. The zero-order chi connectivity index (χ0) is 9.11. The van der Waals surface area contributed by atoms with Gasteiger partial charge in [0.1, 0.15) is 0 Å². The smallest absolute Gasteiger partial charge is 0.0466 e. The van der Waals surface area contributed by atoms with Gasteiger partial charge in [-0.2, -0.15) is 0 Å².